The van der Waals surface area contributed by atoms with Gasteiger partial charge in [0.25, 0.3) is 0 Å². The molecule has 0 bridgehead atoms. The number of piperidine rings is 1. The normalized spacial score (nSPS) is 20.1. The van der Waals surface area contributed by atoms with Crippen LogP contribution in [0.5, 0.6) is 0 Å². The molecule has 1 unspecified atom stereocenters. The van der Waals surface area contributed by atoms with Crippen molar-refractivity contribution in [2.45, 2.75) is 25.7 Å². The first-order chi connectivity index (χ1) is 13.3. The van der Waals surface area contributed by atoms with Crippen LogP contribution in [0, 0.1) is 5.92 Å². The molecule has 2 aromatic heterocycles. The topological polar surface area (TPSA) is 46.3 Å². The van der Waals surface area contributed by atoms with Crippen LogP contribution in [0.2, 0.25) is 0 Å². The Morgan fingerprint density at radius 1 is 1.19 bits per heavy atom. The summed E-state index contributed by atoms with van der Waals surface area (Å²) in [6, 6.07) is 9.91. The number of hydrogen-bond acceptors (Lipinski definition) is 5. The zero-order chi connectivity index (χ0) is 18.2. The molecule has 5 rings (SSSR count). The highest BCUT2D eigenvalue weighted by atomic mass is 32.1. The van der Waals surface area contributed by atoms with Crippen molar-refractivity contribution in [3.63, 3.8) is 0 Å². The first kappa shape index (κ1) is 16.9. The zero-order valence-corrected chi connectivity index (χ0v) is 16.0. The molecular weight excluding hydrogens is 356 g/mol. The van der Waals surface area contributed by atoms with Crippen LogP contribution in [-0.2, 0) is 0 Å². The lowest BCUT2D eigenvalue weighted by Gasteiger charge is -2.29. The Morgan fingerprint density at radius 3 is 2.89 bits per heavy atom. The third-order valence-electron chi connectivity index (χ3n) is 5.50. The van der Waals surface area contributed by atoms with E-state index >= 15 is 0 Å². The van der Waals surface area contributed by atoms with Gasteiger partial charge in [0.2, 0.25) is 0 Å². The van der Waals surface area contributed by atoms with E-state index in [9.17, 15) is 4.79 Å². The first-order valence-corrected chi connectivity index (χ1v) is 10.5. The lowest BCUT2D eigenvalue weighted by atomic mass is 9.98. The number of para-hydroxylation sites is 1. The fourth-order valence-electron chi connectivity index (χ4n) is 4.09. The maximum atomic E-state index is 12.6. The number of benzene rings is 1. The number of aromatic nitrogens is 1. The molecule has 27 heavy (non-hydrogen) atoms. The fraction of sp³-hybridized carbons (Fsp3) is 0.364. The molecule has 0 N–H and O–H groups in total. The maximum absolute atomic E-state index is 12.6. The van der Waals surface area contributed by atoms with Crippen molar-refractivity contribution in [1.29, 1.82) is 0 Å². The second kappa shape index (κ2) is 7.06. The number of likely N-dealkylation sites (tertiary alicyclic amines) is 1. The van der Waals surface area contributed by atoms with Gasteiger partial charge in [-0.2, -0.15) is 0 Å². The smallest absolute Gasteiger partial charge is 0.346 e. The Morgan fingerprint density at radius 2 is 2.04 bits per heavy atom. The summed E-state index contributed by atoms with van der Waals surface area (Å²) in [7, 11) is 0. The molecule has 2 aliphatic rings. The molecule has 0 spiro atoms. The van der Waals surface area contributed by atoms with Gasteiger partial charge in [-0.25, -0.2) is 9.78 Å². The van der Waals surface area contributed by atoms with Crippen molar-refractivity contribution < 1.29 is 4.42 Å². The molecule has 1 fully saturated rings. The van der Waals surface area contributed by atoms with Gasteiger partial charge >= 0.3 is 5.63 Å². The summed E-state index contributed by atoms with van der Waals surface area (Å²) < 4.78 is 6.79. The van der Waals surface area contributed by atoms with Gasteiger partial charge in [-0.1, -0.05) is 24.6 Å². The Hall–Kier alpha value is -2.24. The van der Waals surface area contributed by atoms with Gasteiger partial charge in [0.05, 0.1) is 15.8 Å². The molecule has 1 aliphatic carbocycles. The molecule has 3 aromatic rings. The Balaban J connectivity index is 1.48. The second-order valence-electron chi connectivity index (χ2n) is 7.48. The van der Waals surface area contributed by atoms with Crippen molar-refractivity contribution in [2.24, 2.45) is 5.92 Å². The van der Waals surface area contributed by atoms with Gasteiger partial charge in [0, 0.05) is 11.8 Å². The van der Waals surface area contributed by atoms with Crippen LogP contribution in [0.4, 0.5) is 0 Å². The minimum atomic E-state index is -0.295. The van der Waals surface area contributed by atoms with Crippen LogP contribution in [0.25, 0.3) is 32.9 Å². The van der Waals surface area contributed by atoms with Crippen molar-refractivity contribution in [3.8, 4) is 10.6 Å². The van der Waals surface area contributed by atoms with Gasteiger partial charge in [-0.15, -0.1) is 11.3 Å². The highest BCUT2D eigenvalue weighted by Gasteiger charge is 2.18. The van der Waals surface area contributed by atoms with E-state index in [1.54, 1.807) is 0 Å². The molecule has 0 saturated carbocycles. The monoisotopic (exact) mass is 378 g/mol. The molecule has 138 valence electrons. The summed E-state index contributed by atoms with van der Waals surface area (Å²) >= 11 is 1.54. The van der Waals surface area contributed by atoms with E-state index in [0.717, 1.165) is 38.8 Å². The SMILES string of the molecule is O=c1oc2c(cc1-c1nc3ccccc3s1)=CCC(CN1CCCCC1)C=2. The number of fused-ring (bicyclic) bond motifs is 2. The molecule has 4 nitrogen and oxygen atoms in total. The molecule has 1 aliphatic heterocycles. The Kier molecular flexibility index (Phi) is 4.42. The molecule has 1 atom stereocenters. The van der Waals surface area contributed by atoms with E-state index in [-0.39, 0.29) is 5.63 Å². The second-order valence-corrected chi connectivity index (χ2v) is 8.51. The summed E-state index contributed by atoms with van der Waals surface area (Å²) in [5.41, 5.74) is 1.91. The van der Waals surface area contributed by atoms with Crippen LogP contribution in [0.3, 0.4) is 0 Å². The standard InChI is InChI=1S/C22H22N2O2S/c25-22-17(21-23-18-6-2-3-7-20(18)27-21)13-16-9-8-15(12-19(16)26-22)14-24-10-4-1-5-11-24/h2-3,6-7,9,12-13,15H,1,4-5,8,10-11,14H2. The van der Waals surface area contributed by atoms with Crippen LogP contribution in [-0.4, -0.2) is 29.5 Å². The minimum absolute atomic E-state index is 0.295. The third-order valence-corrected chi connectivity index (χ3v) is 6.57. The summed E-state index contributed by atoms with van der Waals surface area (Å²) in [6.07, 6.45) is 9.30. The maximum Gasteiger partial charge on any atom is 0.346 e. The molecular formula is C22H22N2O2S. The molecule has 3 heterocycles. The summed E-state index contributed by atoms with van der Waals surface area (Å²) in [5, 5.41) is 1.75. The summed E-state index contributed by atoms with van der Waals surface area (Å²) in [4.78, 5) is 19.8. The zero-order valence-electron chi connectivity index (χ0n) is 15.2. The van der Waals surface area contributed by atoms with E-state index in [0.29, 0.717) is 11.5 Å². The van der Waals surface area contributed by atoms with Gasteiger partial charge < -0.3 is 9.32 Å². The Labute approximate surface area is 161 Å². The highest BCUT2D eigenvalue weighted by Crippen LogP contribution is 2.27. The molecule has 1 aromatic carbocycles. The van der Waals surface area contributed by atoms with Crippen molar-refractivity contribution in [2.75, 3.05) is 19.6 Å². The number of hydrogen-bond donors (Lipinski definition) is 0. The predicted octanol–water partition coefficient (Wildman–Crippen LogP) is 2.98. The van der Waals surface area contributed by atoms with Crippen molar-refractivity contribution in [1.82, 2.24) is 9.88 Å². The molecule has 5 heteroatoms. The van der Waals surface area contributed by atoms with Crippen LogP contribution < -0.4 is 16.3 Å². The largest absolute Gasteiger partial charge is 0.423 e. The van der Waals surface area contributed by atoms with Crippen molar-refractivity contribution >= 4 is 33.7 Å². The average Bonchev–Trinajstić information content (AvgIpc) is 3.12. The number of nitrogens with zero attached hydrogens (tertiary/aromatic N) is 2. The first-order valence-electron chi connectivity index (χ1n) is 9.71. The minimum Gasteiger partial charge on any atom is -0.423 e. The molecule has 0 radical (unpaired) electrons. The van der Waals surface area contributed by atoms with Crippen LogP contribution >= 0.6 is 11.3 Å². The average molecular weight is 378 g/mol. The Bertz CT molecular complexity index is 1120. The van der Waals surface area contributed by atoms with Crippen LogP contribution in [0.15, 0.2) is 39.5 Å². The quantitative estimate of drug-likeness (QED) is 0.703. The number of thiazole rings is 1. The predicted molar refractivity (Wildman–Crippen MR) is 110 cm³/mol. The molecule has 0 amide bonds. The van der Waals surface area contributed by atoms with Gasteiger partial charge in [0.15, 0.2) is 0 Å². The van der Waals surface area contributed by atoms with Crippen LogP contribution in [0.1, 0.15) is 25.7 Å². The lowest BCUT2D eigenvalue weighted by Crippen LogP contribution is -2.38. The fourth-order valence-corrected chi connectivity index (χ4v) is 5.06. The lowest BCUT2D eigenvalue weighted by molar-refractivity contribution is 0.212. The highest BCUT2D eigenvalue weighted by molar-refractivity contribution is 7.21. The van der Waals surface area contributed by atoms with E-state index in [1.165, 1.54) is 43.7 Å². The van der Waals surface area contributed by atoms with Gasteiger partial charge in [0.1, 0.15) is 10.4 Å². The van der Waals surface area contributed by atoms with Crippen molar-refractivity contribution in [3.05, 3.63) is 51.4 Å². The molecule has 1 saturated heterocycles. The van der Waals surface area contributed by atoms with E-state index < -0.39 is 0 Å². The van der Waals surface area contributed by atoms with Gasteiger partial charge in [-0.3, -0.25) is 0 Å². The van der Waals surface area contributed by atoms with E-state index in [1.807, 2.05) is 30.3 Å². The van der Waals surface area contributed by atoms with E-state index in [4.69, 9.17) is 4.42 Å². The summed E-state index contributed by atoms with van der Waals surface area (Å²) in [6.45, 7) is 3.44. The third kappa shape index (κ3) is 3.37. The van der Waals surface area contributed by atoms with E-state index in [2.05, 4.69) is 22.0 Å². The van der Waals surface area contributed by atoms with Gasteiger partial charge in [-0.05, 0) is 62.5 Å². The summed E-state index contributed by atoms with van der Waals surface area (Å²) in [5.74, 6) is 0.423. The number of rotatable bonds is 3.